The van der Waals surface area contributed by atoms with Crippen molar-refractivity contribution in [3.8, 4) is 0 Å². The smallest absolute Gasteiger partial charge is 0.326 e. The third kappa shape index (κ3) is 4.11. The van der Waals surface area contributed by atoms with Crippen molar-refractivity contribution >= 4 is 27.6 Å². The summed E-state index contributed by atoms with van der Waals surface area (Å²) in [5, 5.41) is 16.0. The highest BCUT2D eigenvalue weighted by atomic mass is 32.2. The van der Waals surface area contributed by atoms with Crippen LogP contribution in [0, 0.1) is 19.1 Å². The zero-order valence-electron chi connectivity index (χ0n) is 20.6. The molecule has 0 spiro atoms. The molecule has 2 heterocycles. The Morgan fingerprint density at radius 2 is 1.66 bits per heavy atom. The third-order valence-corrected chi connectivity index (χ3v) is 9.41. The Labute approximate surface area is 206 Å². The first kappa shape index (κ1) is 24.1. The molecule has 190 valence electrons. The molecule has 1 fully saturated rings. The van der Waals surface area contributed by atoms with Crippen molar-refractivity contribution in [2.75, 3.05) is 22.8 Å². The molecule has 9 nitrogen and oxygen atoms in total. The molecule has 1 aliphatic heterocycles. The summed E-state index contributed by atoms with van der Waals surface area (Å²) in [6, 6.07) is 2.34. The van der Waals surface area contributed by atoms with Crippen LogP contribution in [-0.2, 0) is 47.7 Å². The van der Waals surface area contributed by atoms with Gasteiger partial charge in [0.15, 0.2) is 0 Å². The van der Waals surface area contributed by atoms with Crippen molar-refractivity contribution in [2.24, 2.45) is 7.05 Å². The summed E-state index contributed by atoms with van der Waals surface area (Å²) >= 11 is 0. The van der Waals surface area contributed by atoms with E-state index >= 15 is 0 Å². The van der Waals surface area contributed by atoms with E-state index in [2.05, 4.69) is 11.4 Å². The number of hydroxylamine groups is 1. The molecule has 0 unspecified atom stereocenters. The van der Waals surface area contributed by atoms with Crippen LogP contribution in [0.3, 0.4) is 0 Å². The van der Waals surface area contributed by atoms with Crippen LogP contribution in [0.1, 0.15) is 59.3 Å². The Balaban J connectivity index is 1.49. The van der Waals surface area contributed by atoms with E-state index in [4.69, 9.17) is 4.74 Å². The Morgan fingerprint density at radius 3 is 2.20 bits per heavy atom. The lowest BCUT2D eigenvalue weighted by Crippen LogP contribution is -2.51. The Hall–Kier alpha value is -2.56. The van der Waals surface area contributed by atoms with Gasteiger partial charge in [-0.3, -0.25) is 4.47 Å². The monoisotopic (exact) mass is 501 g/mol. The van der Waals surface area contributed by atoms with Crippen molar-refractivity contribution < 1.29 is 17.9 Å². The van der Waals surface area contributed by atoms with E-state index in [1.54, 1.807) is 6.07 Å². The second-order valence-electron chi connectivity index (χ2n) is 9.85. The van der Waals surface area contributed by atoms with Crippen LogP contribution in [0.5, 0.6) is 0 Å². The summed E-state index contributed by atoms with van der Waals surface area (Å²) in [6.07, 6.45) is 6.39. The molecule has 1 aromatic carbocycles. The molecule has 3 aliphatic rings. The summed E-state index contributed by atoms with van der Waals surface area (Å²) < 4.78 is 35.6. The molecule has 0 bridgehead atoms. The average Bonchev–Trinajstić information content (AvgIpc) is 3.56. The van der Waals surface area contributed by atoms with Crippen molar-refractivity contribution in [3.05, 3.63) is 51.0 Å². The number of aromatic nitrogens is 1. The number of nitrogens with zero attached hydrogens (tertiary/aromatic N) is 3. The van der Waals surface area contributed by atoms with Gasteiger partial charge < -0.3 is 19.8 Å². The van der Waals surface area contributed by atoms with Gasteiger partial charge >= 0.3 is 16.2 Å². The second-order valence-corrected chi connectivity index (χ2v) is 11.5. The molecule has 5 rings (SSSR count). The van der Waals surface area contributed by atoms with Gasteiger partial charge in [-0.1, -0.05) is 6.07 Å². The van der Waals surface area contributed by atoms with Gasteiger partial charge in [0.25, 0.3) is 0 Å². The highest BCUT2D eigenvalue weighted by Crippen LogP contribution is 2.39. The molecular formula is C25H33N4O5S-. The first-order valence-corrected chi connectivity index (χ1v) is 13.8. The highest BCUT2D eigenvalue weighted by Gasteiger charge is 2.37. The molecule has 1 N–H and O–H groups in total. The predicted octanol–water partition coefficient (Wildman–Crippen LogP) is 3.88. The minimum Gasteiger partial charge on any atom is -0.740 e. The zero-order valence-corrected chi connectivity index (χ0v) is 21.4. The maximum absolute atomic E-state index is 13.7. The quantitative estimate of drug-likeness (QED) is 0.626. The summed E-state index contributed by atoms with van der Waals surface area (Å²) in [5.74, 6) is 0. The van der Waals surface area contributed by atoms with Gasteiger partial charge in [0.05, 0.1) is 11.7 Å². The lowest BCUT2D eigenvalue weighted by atomic mass is 9.99. The van der Waals surface area contributed by atoms with E-state index < -0.39 is 22.3 Å². The Kier molecular flexibility index (Phi) is 6.31. The van der Waals surface area contributed by atoms with E-state index in [1.165, 1.54) is 11.1 Å². The standard InChI is InChI=1S/C25H33N4O5S/c1-16-14-23(17(2)27(16)3)28(20-10-12-34-13-11-20)35(32,33)29(31)25(30)26-24-21-8-4-6-18(21)15-19-7-5-9-22(19)24/h14-15,20H,4-13H2,1-3H3,(H,26,30)/q-1. The maximum Gasteiger partial charge on any atom is 0.326 e. The molecule has 0 saturated carbocycles. The van der Waals surface area contributed by atoms with Crippen LogP contribution >= 0.6 is 0 Å². The average molecular weight is 502 g/mol. The topological polar surface area (TPSA) is 107 Å². The fourth-order valence-corrected chi connectivity index (χ4v) is 7.23. The lowest BCUT2D eigenvalue weighted by Gasteiger charge is -2.40. The number of benzene rings is 1. The number of amides is 2. The fraction of sp³-hybridized carbons (Fsp3) is 0.560. The number of aryl methyl sites for hydroxylation is 3. The van der Waals surface area contributed by atoms with Gasteiger partial charge in [-0.15, -0.1) is 0 Å². The van der Waals surface area contributed by atoms with Crippen LogP contribution in [-0.4, -0.2) is 42.7 Å². The molecule has 2 aliphatic carbocycles. The van der Waals surface area contributed by atoms with Crippen LogP contribution < -0.4 is 9.62 Å². The van der Waals surface area contributed by atoms with Crippen molar-refractivity contribution in [1.82, 2.24) is 9.04 Å². The number of ether oxygens (including phenoxy) is 1. The normalized spacial score (nSPS) is 17.8. The molecule has 2 amide bonds. The number of carbonyl (C=O) groups is 1. The molecule has 0 radical (unpaired) electrons. The molecule has 10 heteroatoms. The van der Waals surface area contributed by atoms with E-state index in [9.17, 15) is 18.4 Å². The SMILES string of the molecule is Cc1cc(N(C2CCOCC2)S(=O)(=O)N([O-])C(=O)Nc2c3c(cc4c2CCC4)CCC3)c(C)n1C. The number of anilines is 2. The largest absolute Gasteiger partial charge is 0.740 e. The minimum absolute atomic E-state index is 0.361. The molecule has 35 heavy (non-hydrogen) atoms. The van der Waals surface area contributed by atoms with E-state index in [-0.39, 0.29) is 4.47 Å². The van der Waals surface area contributed by atoms with Crippen molar-refractivity contribution in [2.45, 2.75) is 71.3 Å². The molecule has 1 saturated heterocycles. The van der Waals surface area contributed by atoms with E-state index in [0.717, 1.165) is 59.7 Å². The van der Waals surface area contributed by atoms with E-state index in [0.29, 0.717) is 43.1 Å². The number of rotatable bonds is 5. The minimum atomic E-state index is -4.70. The van der Waals surface area contributed by atoms with Gasteiger partial charge in [0.1, 0.15) is 0 Å². The van der Waals surface area contributed by atoms with E-state index in [1.807, 2.05) is 25.5 Å². The molecule has 0 atom stereocenters. The number of urea groups is 1. The van der Waals surface area contributed by atoms with Crippen LogP contribution in [0.15, 0.2) is 12.1 Å². The number of fused-ring (bicyclic) bond motifs is 2. The summed E-state index contributed by atoms with van der Waals surface area (Å²) in [4.78, 5) is 13.2. The highest BCUT2D eigenvalue weighted by molar-refractivity contribution is 7.91. The van der Waals surface area contributed by atoms with Crippen LogP contribution in [0.25, 0.3) is 0 Å². The lowest BCUT2D eigenvalue weighted by molar-refractivity contribution is 0.0874. The molecular weight excluding hydrogens is 468 g/mol. The summed E-state index contributed by atoms with van der Waals surface area (Å²) in [6.45, 7) is 4.49. The first-order valence-electron chi connectivity index (χ1n) is 12.4. The second kappa shape index (κ2) is 9.15. The zero-order chi connectivity index (χ0) is 24.9. The third-order valence-electron chi connectivity index (χ3n) is 7.84. The predicted molar refractivity (Wildman–Crippen MR) is 135 cm³/mol. The summed E-state index contributed by atoms with van der Waals surface area (Å²) in [7, 11) is -2.85. The Bertz CT molecular complexity index is 1230. The van der Waals surface area contributed by atoms with Gasteiger partial charge in [-0.25, -0.2) is 9.10 Å². The van der Waals surface area contributed by atoms with Crippen molar-refractivity contribution in [1.29, 1.82) is 0 Å². The van der Waals surface area contributed by atoms with Crippen molar-refractivity contribution in [3.63, 3.8) is 0 Å². The number of hydrogen-bond donors (Lipinski definition) is 1. The Morgan fingerprint density at radius 1 is 1.06 bits per heavy atom. The number of hydrogen-bond acceptors (Lipinski definition) is 5. The summed E-state index contributed by atoms with van der Waals surface area (Å²) in [5.41, 5.74) is 7.12. The van der Waals surface area contributed by atoms with Gasteiger partial charge in [0.2, 0.25) is 0 Å². The van der Waals surface area contributed by atoms with Crippen LogP contribution in [0.4, 0.5) is 16.2 Å². The number of carbonyl (C=O) groups excluding carboxylic acids is 1. The van der Waals surface area contributed by atoms with Gasteiger partial charge in [0, 0.05) is 37.3 Å². The first-order chi connectivity index (χ1) is 16.7. The van der Waals surface area contributed by atoms with Gasteiger partial charge in [-0.2, -0.15) is 8.42 Å². The maximum atomic E-state index is 13.7. The molecule has 1 aromatic heterocycles. The molecule has 2 aromatic rings. The van der Waals surface area contributed by atoms with Crippen LogP contribution in [0.2, 0.25) is 0 Å². The number of nitrogens with one attached hydrogen (secondary N) is 1. The fourth-order valence-electron chi connectivity index (χ4n) is 5.79. The van der Waals surface area contributed by atoms with Gasteiger partial charge in [-0.05, 0) is 93.5 Å².